The van der Waals surface area contributed by atoms with Gasteiger partial charge in [-0.2, -0.15) is 12.6 Å². The average Bonchev–Trinajstić information content (AvgIpc) is 3.13. The highest BCUT2D eigenvalue weighted by Gasteiger charge is 2.40. The fourth-order valence-electron chi connectivity index (χ4n) is 3.26. The van der Waals surface area contributed by atoms with Crippen molar-refractivity contribution in [1.29, 1.82) is 0 Å². The van der Waals surface area contributed by atoms with Crippen LogP contribution in [0.25, 0.3) is 0 Å². The van der Waals surface area contributed by atoms with Crippen molar-refractivity contribution >= 4 is 24.6 Å². The third-order valence-corrected chi connectivity index (χ3v) is 5.24. The van der Waals surface area contributed by atoms with E-state index >= 15 is 0 Å². The molecule has 3 rings (SSSR count). The Morgan fingerprint density at radius 3 is 2.61 bits per heavy atom. The largest absolute Gasteiger partial charge is 0.445 e. The van der Waals surface area contributed by atoms with Gasteiger partial charge in [0, 0.05) is 37.8 Å². The number of amides is 2. The normalized spacial score (nSPS) is 18.7. The van der Waals surface area contributed by atoms with Crippen molar-refractivity contribution in [2.45, 2.75) is 30.7 Å². The lowest BCUT2D eigenvalue weighted by Crippen LogP contribution is -2.47. The Morgan fingerprint density at radius 1 is 1.18 bits per heavy atom. The number of likely N-dealkylation sites (N-methyl/N-ethyl adjacent to an activating group) is 1. The summed E-state index contributed by atoms with van der Waals surface area (Å²) in [5, 5.41) is -0.0353. The number of rotatable bonds is 6. The Hall–Kier alpha value is -2.54. The van der Waals surface area contributed by atoms with Gasteiger partial charge in [-0.1, -0.05) is 30.3 Å². The van der Waals surface area contributed by atoms with Crippen LogP contribution in [0.4, 0.5) is 4.79 Å². The van der Waals surface area contributed by atoms with Crippen LogP contribution in [0.1, 0.15) is 17.5 Å². The van der Waals surface area contributed by atoms with Gasteiger partial charge < -0.3 is 9.64 Å². The van der Waals surface area contributed by atoms with E-state index in [9.17, 15) is 9.59 Å². The minimum absolute atomic E-state index is 0.0353. The van der Waals surface area contributed by atoms with Crippen molar-refractivity contribution in [3.05, 3.63) is 66.0 Å². The fourth-order valence-corrected chi connectivity index (χ4v) is 3.64. The topological polar surface area (TPSA) is 62.7 Å². The number of likely N-dealkylation sites (tertiary alicyclic amines) is 1. The first-order chi connectivity index (χ1) is 13.5. The molecular weight excluding hydrogens is 374 g/mol. The molecule has 0 unspecified atom stereocenters. The van der Waals surface area contributed by atoms with E-state index in [1.807, 2.05) is 42.5 Å². The van der Waals surface area contributed by atoms with Crippen LogP contribution in [0, 0.1) is 0 Å². The number of pyridine rings is 1. The van der Waals surface area contributed by atoms with Crippen molar-refractivity contribution in [1.82, 2.24) is 14.8 Å². The molecule has 2 aromatic rings. The number of hydrogen-bond acceptors (Lipinski definition) is 5. The van der Waals surface area contributed by atoms with Crippen molar-refractivity contribution in [3.8, 4) is 0 Å². The summed E-state index contributed by atoms with van der Waals surface area (Å²) in [5.41, 5.74) is 2.03. The Morgan fingerprint density at radius 2 is 1.89 bits per heavy atom. The van der Waals surface area contributed by atoms with Gasteiger partial charge in [0.15, 0.2) is 0 Å². The minimum atomic E-state index is -0.534. The Kier molecular flexibility index (Phi) is 6.92. The number of carbonyl (C=O) groups is 2. The smallest absolute Gasteiger partial charge is 0.410 e. The second kappa shape index (κ2) is 9.59. The average molecular weight is 400 g/mol. The van der Waals surface area contributed by atoms with E-state index in [-0.39, 0.29) is 17.8 Å². The fraction of sp³-hybridized carbons (Fsp3) is 0.381. The third-order valence-electron chi connectivity index (χ3n) is 4.87. The molecular formula is C21H25N3O3S. The highest BCUT2D eigenvalue weighted by molar-refractivity contribution is 7.81. The van der Waals surface area contributed by atoms with Crippen LogP contribution in [-0.4, -0.2) is 58.2 Å². The molecule has 1 aliphatic heterocycles. The molecule has 0 bridgehead atoms. The summed E-state index contributed by atoms with van der Waals surface area (Å²) >= 11 is 4.49. The maximum absolute atomic E-state index is 12.9. The molecule has 0 saturated carbocycles. The van der Waals surface area contributed by atoms with Gasteiger partial charge in [0.1, 0.15) is 12.6 Å². The second-order valence-electron chi connectivity index (χ2n) is 6.96. The van der Waals surface area contributed by atoms with E-state index in [1.165, 1.54) is 4.90 Å². The molecule has 7 heteroatoms. The van der Waals surface area contributed by atoms with Crippen LogP contribution in [0.2, 0.25) is 0 Å². The van der Waals surface area contributed by atoms with E-state index in [0.29, 0.717) is 19.5 Å². The summed E-state index contributed by atoms with van der Waals surface area (Å²) in [6.45, 7) is 1.17. The Bertz CT molecular complexity index is 788. The lowest BCUT2D eigenvalue weighted by Gasteiger charge is -2.27. The summed E-state index contributed by atoms with van der Waals surface area (Å²) in [4.78, 5) is 32.7. The number of hydrogen-bond donors (Lipinski definition) is 1. The van der Waals surface area contributed by atoms with Gasteiger partial charge in [-0.05, 0) is 36.1 Å². The van der Waals surface area contributed by atoms with Crippen molar-refractivity contribution < 1.29 is 14.3 Å². The van der Waals surface area contributed by atoms with Crippen LogP contribution in [0.15, 0.2) is 54.9 Å². The maximum Gasteiger partial charge on any atom is 0.410 e. The van der Waals surface area contributed by atoms with Crippen LogP contribution >= 0.6 is 12.6 Å². The molecule has 0 aliphatic carbocycles. The van der Waals surface area contributed by atoms with Gasteiger partial charge in [-0.15, -0.1) is 0 Å². The molecule has 1 aliphatic rings. The molecule has 6 nitrogen and oxygen atoms in total. The van der Waals surface area contributed by atoms with Gasteiger partial charge in [-0.3, -0.25) is 14.7 Å². The number of benzene rings is 1. The lowest BCUT2D eigenvalue weighted by atomic mass is 10.1. The number of carbonyl (C=O) groups excluding carboxylic acids is 2. The molecule has 1 aromatic heterocycles. The number of ether oxygens (including phenoxy) is 1. The predicted molar refractivity (Wildman–Crippen MR) is 110 cm³/mol. The van der Waals surface area contributed by atoms with Crippen LogP contribution < -0.4 is 0 Å². The quantitative estimate of drug-likeness (QED) is 0.759. The molecule has 2 atom stereocenters. The summed E-state index contributed by atoms with van der Waals surface area (Å²) in [6.07, 6.45) is 4.28. The Labute approximate surface area is 170 Å². The third kappa shape index (κ3) is 5.25. The summed E-state index contributed by atoms with van der Waals surface area (Å²) in [6, 6.07) is 12.8. The highest BCUT2D eigenvalue weighted by atomic mass is 32.1. The van der Waals surface area contributed by atoms with Crippen LogP contribution in [0.5, 0.6) is 0 Å². The number of nitrogens with zero attached hydrogens (tertiary/aromatic N) is 3. The molecule has 0 spiro atoms. The molecule has 0 radical (unpaired) electrons. The SMILES string of the molecule is CN(CCc1ccncc1)C(=O)[C@@H]1C[C@H](S)CN1C(=O)OCc1ccccc1. The molecule has 1 fully saturated rings. The van der Waals surface area contributed by atoms with Crippen molar-refractivity contribution in [2.75, 3.05) is 20.1 Å². The standard InChI is InChI=1S/C21H25N3O3S/c1-23(12-9-16-7-10-22-11-8-16)20(25)19-13-18(28)14-24(19)21(26)27-15-17-5-3-2-4-6-17/h2-8,10-11,18-19,28H,9,12-15H2,1H3/t18-,19-/m0/s1. The predicted octanol–water partition coefficient (Wildman–Crippen LogP) is 2.79. The van der Waals surface area contributed by atoms with Crippen molar-refractivity contribution in [2.24, 2.45) is 0 Å². The monoisotopic (exact) mass is 399 g/mol. The number of aromatic nitrogens is 1. The maximum atomic E-state index is 12.9. The first-order valence-corrected chi connectivity index (χ1v) is 9.85. The molecule has 0 N–H and O–H groups in total. The first-order valence-electron chi connectivity index (χ1n) is 9.34. The number of thiol groups is 1. The van der Waals surface area contributed by atoms with Gasteiger partial charge in [0.2, 0.25) is 5.91 Å². The van der Waals surface area contributed by atoms with E-state index in [1.54, 1.807) is 24.3 Å². The van der Waals surface area contributed by atoms with Crippen LogP contribution in [-0.2, 0) is 22.6 Å². The molecule has 28 heavy (non-hydrogen) atoms. The zero-order chi connectivity index (χ0) is 19.9. The zero-order valence-corrected chi connectivity index (χ0v) is 16.8. The van der Waals surface area contributed by atoms with Gasteiger partial charge in [0.25, 0.3) is 0 Å². The highest BCUT2D eigenvalue weighted by Crippen LogP contribution is 2.24. The minimum Gasteiger partial charge on any atom is -0.445 e. The zero-order valence-electron chi connectivity index (χ0n) is 15.9. The summed E-state index contributed by atoms with van der Waals surface area (Å²) in [5.74, 6) is -0.0812. The van der Waals surface area contributed by atoms with E-state index in [2.05, 4.69) is 17.6 Å². The molecule has 2 amide bonds. The van der Waals surface area contributed by atoms with E-state index in [4.69, 9.17) is 4.74 Å². The molecule has 1 aromatic carbocycles. The van der Waals surface area contributed by atoms with Crippen molar-refractivity contribution in [3.63, 3.8) is 0 Å². The van der Waals surface area contributed by atoms with Gasteiger partial charge >= 0.3 is 6.09 Å². The van der Waals surface area contributed by atoms with Gasteiger partial charge in [-0.25, -0.2) is 4.79 Å². The van der Waals surface area contributed by atoms with Crippen LogP contribution in [0.3, 0.4) is 0 Å². The molecule has 148 valence electrons. The second-order valence-corrected chi connectivity index (χ2v) is 7.69. The lowest BCUT2D eigenvalue weighted by molar-refractivity contribution is -0.134. The summed E-state index contributed by atoms with van der Waals surface area (Å²) < 4.78 is 5.43. The molecule has 2 heterocycles. The molecule has 1 saturated heterocycles. The van der Waals surface area contributed by atoms with E-state index < -0.39 is 12.1 Å². The van der Waals surface area contributed by atoms with Gasteiger partial charge in [0.05, 0.1) is 0 Å². The Balaban J connectivity index is 1.57. The van der Waals surface area contributed by atoms with E-state index in [0.717, 1.165) is 17.5 Å². The first kappa shape index (κ1) is 20.2. The summed E-state index contributed by atoms with van der Waals surface area (Å²) in [7, 11) is 1.77.